The van der Waals surface area contributed by atoms with Gasteiger partial charge >= 0.3 is 0 Å². The molecule has 5 heteroatoms. The van der Waals surface area contributed by atoms with E-state index in [0.29, 0.717) is 23.9 Å². The Morgan fingerprint density at radius 2 is 2.20 bits per heavy atom. The van der Waals surface area contributed by atoms with Crippen LogP contribution >= 0.6 is 11.6 Å². The maximum Gasteiger partial charge on any atom is 0.125 e. The van der Waals surface area contributed by atoms with E-state index in [1.165, 1.54) is 12.1 Å². The number of nitrogens with one attached hydrogen (secondary N) is 1. The standard InChI is InChI=1S/C10H13ClFNOS/c1-15(14)3-2-13-7-8-4-9(11)6-10(12)5-8/h4-6,13H,2-3,7H2,1H3. The lowest BCUT2D eigenvalue weighted by molar-refractivity contribution is 0.622. The maximum absolute atomic E-state index is 12.9. The molecule has 2 nitrogen and oxygen atoms in total. The highest BCUT2D eigenvalue weighted by atomic mass is 35.5. The molecule has 1 aromatic carbocycles. The van der Waals surface area contributed by atoms with Crippen molar-refractivity contribution in [2.24, 2.45) is 0 Å². The third kappa shape index (κ3) is 5.25. The van der Waals surface area contributed by atoms with Crippen molar-refractivity contribution in [3.8, 4) is 0 Å². The van der Waals surface area contributed by atoms with Gasteiger partial charge in [-0.15, -0.1) is 0 Å². The molecule has 0 aliphatic carbocycles. The van der Waals surface area contributed by atoms with Crippen molar-refractivity contribution in [2.45, 2.75) is 6.54 Å². The smallest absolute Gasteiger partial charge is 0.125 e. The lowest BCUT2D eigenvalue weighted by Crippen LogP contribution is -2.19. The molecule has 0 bridgehead atoms. The average molecular weight is 250 g/mol. The Bertz CT molecular complexity index is 339. The van der Waals surface area contributed by atoms with E-state index < -0.39 is 10.8 Å². The van der Waals surface area contributed by atoms with Crippen LogP contribution in [0, 0.1) is 5.82 Å². The summed E-state index contributed by atoms with van der Waals surface area (Å²) in [6.07, 6.45) is 1.65. The molecule has 1 unspecified atom stereocenters. The average Bonchev–Trinajstić information content (AvgIpc) is 2.10. The molecule has 0 aliphatic heterocycles. The third-order valence-electron chi connectivity index (χ3n) is 1.82. The quantitative estimate of drug-likeness (QED) is 0.809. The summed E-state index contributed by atoms with van der Waals surface area (Å²) in [5.74, 6) is 0.265. The van der Waals surface area contributed by atoms with Crippen LogP contribution in [0.4, 0.5) is 4.39 Å². The molecule has 1 N–H and O–H groups in total. The summed E-state index contributed by atoms with van der Waals surface area (Å²) in [6, 6.07) is 4.41. The van der Waals surface area contributed by atoms with E-state index in [1.54, 1.807) is 12.3 Å². The molecule has 0 saturated heterocycles. The molecule has 0 aliphatic rings. The van der Waals surface area contributed by atoms with Crippen LogP contribution in [0.25, 0.3) is 0 Å². The number of rotatable bonds is 5. The highest BCUT2D eigenvalue weighted by Crippen LogP contribution is 2.13. The van der Waals surface area contributed by atoms with Crippen LogP contribution in [0.1, 0.15) is 5.56 Å². The van der Waals surface area contributed by atoms with Gasteiger partial charge in [-0.3, -0.25) is 4.21 Å². The molecule has 0 spiro atoms. The molecule has 1 aromatic rings. The van der Waals surface area contributed by atoms with Crippen LogP contribution in [0.2, 0.25) is 5.02 Å². The van der Waals surface area contributed by atoms with E-state index in [2.05, 4.69) is 5.32 Å². The van der Waals surface area contributed by atoms with E-state index in [0.717, 1.165) is 5.56 Å². The molecule has 0 fully saturated rings. The molecular formula is C10H13ClFNOS. The number of hydrogen-bond acceptors (Lipinski definition) is 2. The normalized spacial score (nSPS) is 12.7. The van der Waals surface area contributed by atoms with Gasteiger partial charge in [0, 0.05) is 40.9 Å². The van der Waals surface area contributed by atoms with Crippen LogP contribution in [0.5, 0.6) is 0 Å². The molecular weight excluding hydrogens is 237 g/mol. The molecule has 84 valence electrons. The van der Waals surface area contributed by atoms with Crippen molar-refractivity contribution in [2.75, 3.05) is 18.6 Å². The highest BCUT2D eigenvalue weighted by Gasteiger charge is 1.99. The van der Waals surface area contributed by atoms with E-state index >= 15 is 0 Å². The number of hydrogen-bond donors (Lipinski definition) is 1. The van der Waals surface area contributed by atoms with Gasteiger partial charge in [-0.1, -0.05) is 11.6 Å². The molecule has 0 aromatic heterocycles. The van der Waals surface area contributed by atoms with Gasteiger partial charge in [-0.25, -0.2) is 4.39 Å². The minimum Gasteiger partial charge on any atom is -0.312 e. The Hall–Kier alpha value is -0.450. The van der Waals surface area contributed by atoms with Gasteiger partial charge in [0.25, 0.3) is 0 Å². The maximum atomic E-state index is 12.9. The summed E-state index contributed by atoms with van der Waals surface area (Å²) < 4.78 is 23.7. The molecule has 0 saturated carbocycles. The fourth-order valence-electron chi connectivity index (χ4n) is 1.16. The van der Waals surface area contributed by atoms with E-state index in [9.17, 15) is 8.60 Å². The SMILES string of the molecule is CS(=O)CCNCc1cc(F)cc(Cl)c1. The van der Waals surface area contributed by atoms with Gasteiger partial charge in [0.05, 0.1) is 0 Å². The Kier molecular flexibility index (Phi) is 5.22. The third-order valence-corrected chi connectivity index (χ3v) is 2.82. The lowest BCUT2D eigenvalue weighted by Gasteiger charge is -2.04. The van der Waals surface area contributed by atoms with Crippen LogP contribution in [-0.2, 0) is 17.3 Å². The summed E-state index contributed by atoms with van der Waals surface area (Å²) >= 11 is 5.70. The lowest BCUT2D eigenvalue weighted by atomic mass is 10.2. The zero-order valence-electron chi connectivity index (χ0n) is 8.43. The minimum atomic E-state index is -0.795. The van der Waals surface area contributed by atoms with Crippen LogP contribution in [-0.4, -0.2) is 22.8 Å². The van der Waals surface area contributed by atoms with Crippen molar-refractivity contribution < 1.29 is 8.60 Å². The summed E-state index contributed by atoms with van der Waals surface area (Å²) in [5.41, 5.74) is 0.793. The summed E-state index contributed by atoms with van der Waals surface area (Å²) in [4.78, 5) is 0. The first-order valence-corrected chi connectivity index (χ1v) is 6.64. The molecule has 15 heavy (non-hydrogen) atoms. The fourth-order valence-corrected chi connectivity index (χ4v) is 1.84. The highest BCUT2D eigenvalue weighted by molar-refractivity contribution is 7.84. The second-order valence-corrected chi connectivity index (χ2v) is 5.22. The van der Waals surface area contributed by atoms with Gasteiger partial charge in [0.15, 0.2) is 0 Å². The summed E-state index contributed by atoms with van der Waals surface area (Å²) in [6.45, 7) is 1.19. The first-order chi connectivity index (χ1) is 7.08. The summed E-state index contributed by atoms with van der Waals surface area (Å²) in [7, 11) is -0.795. The predicted molar refractivity (Wildman–Crippen MR) is 62.1 cm³/mol. The van der Waals surface area contributed by atoms with Crippen molar-refractivity contribution in [3.05, 3.63) is 34.6 Å². The van der Waals surface area contributed by atoms with Crippen LogP contribution in [0.3, 0.4) is 0 Å². The largest absolute Gasteiger partial charge is 0.312 e. The Morgan fingerprint density at radius 1 is 1.47 bits per heavy atom. The molecule has 0 heterocycles. The number of benzene rings is 1. The topological polar surface area (TPSA) is 29.1 Å². The fraction of sp³-hybridized carbons (Fsp3) is 0.400. The van der Waals surface area contributed by atoms with Crippen LogP contribution in [0.15, 0.2) is 18.2 Å². The van der Waals surface area contributed by atoms with E-state index in [4.69, 9.17) is 11.6 Å². The van der Waals surface area contributed by atoms with Crippen molar-refractivity contribution in [3.63, 3.8) is 0 Å². The second kappa shape index (κ2) is 6.20. The molecule has 1 atom stereocenters. The predicted octanol–water partition coefficient (Wildman–Crippen LogP) is 1.95. The second-order valence-electron chi connectivity index (χ2n) is 3.23. The summed E-state index contributed by atoms with van der Waals surface area (Å²) in [5, 5.41) is 3.46. The van der Waals surface area contributed by atoms with Gasteiger partial charge in [0.1, 0.15) is 5.82 Å². The van der Waals surface area contributed by atoms with E-state index in [-0.39, 0.29) is 5.82 Å². The zero-order valence-corrected chi connectivity index (χ0v) is 10.00. The van der Waals surface area contributed by atoms with Gasteiger partial charge in [-0.05, 0) is 23.8 Å². The molecule has 0 radical (unpaired) electrons. The Labute approximate surface area is 96.3 Å². The van der Waals surface area contributed by atoms with Crippen molar-refractivity contribution in [1.82, 2.24) is 5.32 Å². The zero-order chi connectivity index (χ0) is 11.3. The van der Waals surface area contributed by atoms with Gasteiger partial charge < -0.3 is 5.32 Å². The van der Waals surface area contributed by atoms with Gasteiger partial charge in [-0.2, -0.15) is 0 Å². The Morgan fingerprint density at radius 3 is 2.80 bits per heavy atom. The minimum absolute atomic E-state index is 0.335. The number of halogens is 2. The first-order valence-electron chi connectivity index (χ1n) is 4.53. The van der Waals surface area contributed by atoms with E-state index in [1.807, 2.05) is 0 Å². The monoisotopic (exact) mass is 249 g/mol. The van der Waals surface area contributed by atoms with Crippen molar-refractivity contribution >= 4 is 22.4 Å². The van der Waals surface area contributed by atoms with Gasteiger partial charge in [0.2, 0.25) is 0 Å². The first kappa shape index (κ1) is 12.6. The molecule has 0 amide bonds. The molecule has 1 rings (SSSR count). The van der Waals surface area contributed by atoms with Crippen molar-refractivity contribution in [1.29, 1.82) is 0 Å². The van der Waals surface area contributed by atoms with Crippen LogP contribution < -0.4 is 5.32 Å². The Balaban J connectivity index is 2.40.